The maximum Gasteiger partial charge on any atom is 0.164 e. The third kappa shape index (κ3) is 3.56. The first-order valence-electron chi connectivity index (χ1n) is 6.90. The quantitative estimate of drug-likeness (QED) is 0.720. The molecule has 0 amide bonds. The minimum atomic E-state index is 0.205. The Morgan fingerprint density at radius 3 is 2.89 bits per heavy atom. The predicted molar refractivity (Wildman–Crippen MR) is 70.9 cm³/mol. The zero-order chi connectivity index (χ0) is 12.8. The maximum absolute atomic E-state index is 12.1. The summed E-state index contributed by atoms with van der Waals surface area (Å²) in [5.74, 6) is 1.49. The third-order valence-corrected chi connectivity index (χ3v) is 3.46. The van der Waals surface area contributed by atoms with Crippen LogP contribution in [0.1, 0.15) is 55.8 Å². The van der Waals surface area contributed by atoms with Crippen molar-refractivity contribution in [3.05, 3.63) is 24.0 Å². The lowest BCUT2D eigenvalue weighted by Gasteiger charge is -2.09. The highest BCUT2D eigenvalue weighted by Crippen LogP contribution is 2.28. The standard InChI is InChI=1S/C15H21NO2/c1-2-7-18-14-9-13(10-16-11-14)15(17)8-12-5-3-4-6-12/h9-12H,2-8H2,1H3. The van der Waals surface area contributed by atoms with Crippen LogP contribution in [-0.2, 0) is 0 Å². The Hall–Kier alpha value is -1.38. The van der Waals surface area contributed by atoms with E-state index in [1.54, 1.807) is 12.4 Å². The van der Waals surface area contributed by atoms with Crippen LogP contribution in [0, 0.1) is 5.92 Å². The lowest BCUT2D eigenvalue weighted by Crippen LogP contribution is -2.07. The minimum Gasteiger partial charge on any atom is -0.492 e. The van der Waals surface area contributed by atoms with E-state index >= 15 is 0 Å². The SMILES string of the molecule is CCCOc1cncc(C(=O)CC2CCCC2)c1. The van der Waals surface area contributed by atoms with Crippen LogP contribution in [0.25, 0.3) is 0 Å². The number of aromatic nitrogens is 1. The van der Waals surface area contributed by atoms with Gasteiger partial charge in [0.15, 0.2) is 5.78 Å². The van der Waals surface area contributed by atoms with E-state index in [0.29, 0.717) is 30.3 Å². The van der Waals surface area contributed by atoms with Crippen molar-refractivity contribution in [1.82, 2.24) is 4.98 Å². The summed E-state index contributed by atoms with van der Waals surface area (Å²) in [5.41, 5.74) is 0.690. The van der Waals surface area contributed by atoms with E-state index in [2.05, 4.69) is 11.9 Å². The van der Waals surface area contributed by atoms with Gasteiger partial charge in [0.25, 0.3) is 0 Å². The number of hydrogen-bond acceptors (Lipinski definition) is 3. The van der Waals surface area contributed by atoms with E-state index in [1.165, 1.54) is 25.7 Å². The van der Waals surface area contributed by atoms with Crippen molar-refractivity contribution in [2.45, 2.75) is 45.4 Å². The first-order valence-corrected chi connectivity index (χ1v) is 6.90. The van der Waals surface area contributed by atoms with Gasteiger partial charge in [0, 0.05) is 18.2 Å². The summed E-state index contributed by atoms with van der Waals surface area (Å²) >= 11 is 0. The van der Waals surface area contributed by atoms with E-state index < -0.39 is 0 Å². The number of pyridine rings is 1. The normalized spacial score (nSPS) is 15.8. The van der Waals surface area contributed by atoms with Crippen LogP contribution >= 0.6 is 0 Å². The Morgan fingerprint density at radius 2 is 2.17 bits per heavy atom. The molecule has 0 radical (unpaired) electrons. The number of ketones is 1. The maximum atomic E-state index is 12.1. The zero-order valence-corrected chi connectivity index (χ0v) is 11.0. The van der Waals surface area contributed by atoms with Crippen molar-refractivity contribution >= 4 is 5.78 Å². The van der Waals surface area contributed by atoms with E-state index in [4.69, 9.17) is 4.74 Å². The molecule has 98 valence electrons. The molecule has 0 atom stereocenters. The molecule has 1 aromatic rings. The monoisotopic (exact) mass is 247 g/mol. The van der Waals surface area contributed by atoms with Crippen LogP contribution in [0.2, 0.25) is 0 Å². The zero-order valence-electron chi connectivity index (χ0n) is 11.0. The van der Waals surface area contributed by atoms with E-state index in [0.717, 1.165) is 6.42 Å². The Bertz CT molecular complexity index is 397. The van der Waals surface area contributed by atoms with Crippen molar-refractivity contribution in [2.24, 2.45) is 5.92 Å². The van der Waals surface area contributed by atoms with Gasteiger partial charge in [-0.25, -0.2) is 0 Å². The molecule has 1 saturated carbocycles. The second-order valence-electron chi connectivity index (χ2n) is 5.04. The molecule has 3 nitrogen and oxygen atoms in total. The van der Waals surface area contributed by atoms with E-state index in [1.807, 2.05) is 6.07 Å². The third-order valence-electron chi connectivity index (χ3n) is 3.46. The molecule has 1 aliphatic rings. The van der Waals surface area contributed by atoms with E-state index in [-0.39, 0.29) is 5.78 Å². The Kier molecular flexibility index (Phi) is 4.73. The number of carbonyl (C=O) groups excluding carboxylic acids is 1. The van der Waals surface area contributed by atoms with Crippen molar-refractivity contribution in [3.8, 4) is 5.75 Å². The molecule has 0 unspecified atom stereocenters. The summed E-state index contributed by atoms with van der Waals surface area (Å²) in [6.07, 6.45) is 9.89. The van der Waals surface area contributed by atoms with Crippen LogP contribution < -0.4 is 4.74 Å². The predicted octanol–water partition coefficient (Wildman–Crippen LogP) is 3.63. The minimum absolute atomic E-state index is 0.205. The summed E-state index contributed by atoms with van der Waals surface area (Å²) in [6.45, 7) is 2.73. The fraction of sp³-hybridized carbons (Fsp3) is 0.600. The van der Waals surface area contributed by atoms with Gasteiger partial charge in [-0.3, -0.25) is 9.78 Å². The highest BCUT2D eigenvalue weighted by Gasteiger charge is 2.19. The molecule has 0 aromatic carbocycles. The highest BCUT2D eigenvalue weighted by molar-refractivity contribution is 5.96. The first-order chi connectivity index (χ1) is 8.79. The topological polar surface area (TPSA) is 39.2 Å². The largest absolute Gasteiger partial charge is 0.492 e. The van der Waals surface area contributed by atoms with E-state index in [9.17, 15) is 4.79 Å². The molecule has 1 aromatic heterocycles. The van der Waals surface area contributed by atoms with Crippen molar-refractivity contribution in [3.63, 3.8) is 0 Å². The average molecular weight is 247 g/mol. The fourth-order valence-electron chi connectivity index (χ4n) is 2.46. The Labute approximate surface area is 109 Å². The highest BCUT2D eigenvalue weighted by atomic mass is 16.5. The van der Waals surface area contributed by atoms with Gasteiger partial charge in [0.05, 0.1) is 12.8 Å². The number of Topliss-reactive ketones (excluding diaryl/α,β-unsaturated/α-hetero) is 1. The molecule has 0 saturated heterocycles. The van der Waals surface area contributed by atoms with Crippen molar-refractivity contribution in [2.75, 3.05) is 6.61 Å². The number of hydrogen-bond donors (Lipinski definition) is 0. The molecule has 1 aliphatic carbocycles. The Balaban J connectivity index is 1.96. The molecule has 3 heteroatoms. The van der Waals surface area contributed by atoms with Gasteiger partial charge < -0.3 is 4.74 Å². The van der Waals surface area contributed by atoms with Gasteiger partial charge in [-0.05, 0) is 18.4 Å². The molecular formula is C15H21NO2. The second kappa shape index (κ2) is 6.53. The van der Waals surface area contributed by atoms with Crippen LogP contribution in [0.15, 0.2) is 18.5 Å². The molecular weight excluding hydrogens is 226 g/mol. The van der Waals surface area contributed by atoms with Gasteiger partial charge in [-0.1, -0.05) is 32.6 Å². The first kappa shape index (κ1) is 13.1. The number of ether oxygens (including phenoxy) is 1. The van der Waals surface area contributed by atoms with Crippen LogP contribution in [0.4, 0.5) is 0 Å². The molecule has 1 fully saturated rings. The van der Waals surface area contributed by atoms with Crippen LogP contribution in [0.5, 0.6) is 5.75 Å². The summed E-state index contributed by atoms with van der Waals surface area (Å²) in [6, 6.07) is 1.82. The molecule has 0 bridgehead atoms. The lowest BCUT2D eigenvalue weighted by molar-refractivity contribution is 0.0961. The molecule has 0 N–H and O–H groups in total. The van der Waals surface area contributed by atoms with Gasteiger partial charge in [0.1, 0.15) is 5.75 Å². The number of carbonyl (C=O) groups is 1. The summed E-state index contributed by atoms with van der Waals surface area (Å²) in [5, 5.41) is 0. The molecule has 0 spiro atoms. The van der Waals surface area contributed by atoms with Crippen molar-refractivity contribution < 1.29 is 9.53 Å². The molecule has 1 heterocycles. The van der Waals surface area contributed by atoms with Crippen molar-refractivity contribution in [1.29, 1.82) is 0 Å². The number of rotatable bonds is 6. The second-order valence-corrected chi connectivity index (χ2v) is 5.04. The summed E-state index contributed by atoms with van der Waals surface area (Å²) in [4.78, 5) is 16.2. The van der Waals surface area contributed by atoms with Gasteiger partial charge in [-0.2, -0.15) is 0 Å². The molecule has 0 aliphatic heterocycles. The summed E-state index contributed by atoms with van der Waals surface area (Å²) in [7, 11) is 0. The van der Waals surface area contributed by atoms with Crippen LogP contribution in [-0.4, -0.2) is 17.4 Å². The smallest absolute Gasteiger partial charge is 0.164 e. The lowest BCUT2D eigenvalue weighted by atomic mass is 9.98. The Morgan fingerprint density at radius 1 is 1.39 bits per heavy atom. The summed E-state index contributed by atoms with van der Waals surface area (Å²) < 4.78 is 5.50. The van der Waals surface area contributed by atoms with Gasteiger partial charge in [0.2, 0.25) is 0 Å². The molecule has 18 heavy (non-hydrogen) atoms. The van der Waals surface area contributed by atoms with Gasteiger partial charge >= 0.3 is 0 Å². The average Bonchev–Trinajstić information content (AvgIpc) is 2.89. The molecule has 2 rings (SSSR count). The fourth-order valence-corrected chi connectivity index (χ4v) is 2.46. The van der Waals surface area contributed by atoms with Crippen LogP contribution in [0.3, 0.4) is 0 Å². The van der Waals surface area contributed by atoms with Gasteiger partial charge in [-0.15, -0.1) is 0 Å². The number of nitrogens with zero attached hydrogens (tertiary/aromatic N) is 1.